The number of hydrogen-bond acceptors (Lipinski definition) is 3. The number of allylic oxidation sites excluding steroid dienone is 4. The third kappa shape index (κ3) is 3.92. The average molecular weight is 414 g/mol. The van der Waals surface area contributed by atoms with E-state index in [0.29, 0.717) is 34.8 Å². The normalized spacial score (nSPS) is 27.3. The first-order valence-electron chi connectivity index (χ1n) is 11.1. The molecule has 2 saturated heterocycles. The lowest BCUT2D eigenvalue weighted by Gasteiger charge is -2.37. The molecule has 0 aliphatic carbocycles. The molecule has 30 heavy (non-hydrogen) atoms. The van der Waals surface area contributed by atoms with Gasteiger partial charge >= 0.3 is 0 Å². The molecule has 1 aromatic rings. The Kier molecular flexibility index (Phi) is 6.01. The maximum atomic E-state index is 14.8. The number of nitrogens with zero attached hydrogens (tertiary/aromatic N) is 1. The molecule has 2 fully saturated rings. The summed E-state index contributed by atoms with van der Waals surface area (Å²) in [6, 6.07) is 5.30. The summed E-state index contributed by atoms with van der Waals surface area (Å²) >= 11 is 0. The van der Waals surface area contributed by atoms with Crippen LogP contribution >= 0.6 is 0 Å². The summed E-state index contributed by atoms with van der Waals surface area (Å²) in [4.78, 5) is 2.55. The fraction of sp³-hybridized carbons (Fsp3) is 0.520. The third-order valence-electron chi connectivity index (χ3n) is 7.09. The van der Waals surface area contributed by atoms with E-state index in [4.69, 9.17) is 0 Å². The number of benzene rings is 1. The van der Waals surface area contributed by atoms with Crippen molar-refractivity contribution in [1.82, 2.24) is 15.5 Å². The van der Waals surface area contributed by atoms with Crippen molar-refractivity contribution >= 4 is 11.1 Å². The summed E-state index contributed by atoms with van der Waals surface area (Å²) in [5.41, 5.74) is 4.62. The molecule has 0 aromatic heterocycles. The number of halogens is 2. The van der Waals surface area contributed by atoms with Crippen molar-refractivity contribution in [1.29, 1.82) is 0 Å². The third-order valence-corrected chi connectivity index (χ3v) is 7.09. The fourth-order valence-corrected chi connectivity index (χ4v) is 5.48. The molecule has 3 nitrogen and oxygen atoms in total. The lowest BCUT2D eigenvalue weighted by atomic mass is 9.98. The Bertz CT molecular complexity index is 903. The van der Waals surface area contributed by atoms with Gasteiger partial charge in [0.1, 0.15) is 0 Å². The van der Waals surface area contributed by atoms with Crippen LogP contribution in [0.4, 0.5) is 8.78 Å². The van der Waals surface area contributed by atoms with Crippen LogP contribution in [-0.4, -0.2) is 36.6 Å². The summed E-state index contributed by atoms with van der Waals surface area (Å²) in [5, 5.41) is 6.58. The van der Waals surface area contributed by atoms with Crippen LogP contribution in [0.1, 0.15) is 64.0 Å². The zero-order chi connectivity index (χ0) is 21.4. The van der Waals surface area contributed by atoms with Gasteiger partial charge in [0.15, 0.2) is 11.6 Å². The van der Waals surface area contributed by atoms with E-state index in [-0.39, 0.29) is 0 Å². The topological polar surface area (TPSA) is 27.3 Å². The molecule has 0 radical (unpaired) electrons. The first-order valence-corrected chi connectivity index (χ1v) is 11.1. The van der Waals surface area contributed by atoms with Gasteiger partial charge in [0.2, 0.25) is 0 Å². The Balaban J connectivity index is 1.56. The van der Waals surface area contributed by atoms with Crippen molar-refractivity contribution in [3.8, 4) is 0 Å². The molecule has 4 rings (SSSR count). The highest BCUT2D eigenvalue weighted by Gasteiger charge is 2.37. The highest BCUT2D eigenvalue weighted by atomic mass is 19.2. The Morgan fingerprint density at radius 1 is 1.07 bits per heavy atom. The first kappa shape index (κ1) is 21.1. The van der Waals surface area contributed by atoms with Gasteiger partial charge in [-0.1, -0.05) is 18.2 Å². The molecule has 1 aromatic carbocycles. The number of hydrogen-bond donors (Lipinski definition) is 2. The molecule has 0 spiro atoms. The molecule has 2 N–H and O–H groups in total. The van der Waals surface area contributed by atoms with E-state index < -0.39 is 11.6 Å². The lowest BCUT2D eigenvalue weighted by Crippen LogP contribution is -2.47. The largest absolute Gasteiger partial charge is 0.394 e. The molecule has 3 heterocycles. The van der Waals surface area contributed by atoms with Crippen LogP contribution in [0.3, 0.4) is 0 Å². The predicted molar refractivity (Wildman–Crippen MR) is 120 cm³/mol. The molecule has 5 heteroatoms. The molecular formula is C25H33F2N3. The van der Waals surface area contributed by atoms with Crippen molar-refractivity contribution < 1.29 is 8.78 Å². The lowest BCUT2D eigenvalue weighted by molar-refractivity contribution is 0.193. The SMILES string of the molecule is CN/C=C(\C)c1ccc(/C(C)=C/C2=C(C)N(C3CC4CCC(C3)N4)CC2)c(F)c1F. The van der Waals surface area contributed by atoms with Crippen molar-refractivity contribution in [2.75, 3.05) is 13.6 Å². The molecule has 162 valence electrons. The quantitative estimate of drug-likeness (QED) is 0.694. The van der Waals surface area contributed by atoms with Crippen LogP contribution < -0.4 is 10.6 Å². The molecule has 2 unspecified atom stereocenters. The van der Waals surface area contributed by atoms with Gasteiger partial charge in [0.05, 0.1) is 0 Å². The van der Waals surface area contributed by atoms with Gasteiger partial charge in [-0.2, -0.15) is 0 Å². The Labute approximate surface area is 178 Å². The summed E-state index contributed by atoms with van der Waals surface area (Å²) in [7, 11) is 1.74. The van der Waals surface area contributed by atoms with E-state index in [0.717, 1.165) is 18.5 Å². The highest BCUT2D eigenvalue weighted by molar-refractivity contribution is 5.71. The molecular weight excluding hydrogens is 380 g/mol. The molecule has 3 aliphatic rings. The molecule has 0 amide bonds. The number of nitrogens with one attached hydrogen (secondary N) is 2. The van der Waals surface area contributed by atoms with Gasteiger partial charge in [-0.3, -0.25) is 0 Å². The number of piperidine rings is 1. The molecule has 3 aliphatic heterocycles. The van der Waals surface area contributed by atoms with Crippen molar-refractivity contribution in [2.24, 2.45) is 0 Å². The summed E-state index contributed by atoms with van der Waals surface area (Å²) in [5.74, 6) is -1.55. The van der Waals surface area contributed by atoms with Crippen LogP contribution in [0.25, 0.3) is 11.1 Å². The first-order chi connectivity index (χ1) is 14.4. The summed E-state index contributed by atoms with van der Waals surface area (Å²) in [6.45, 7) is 6.85. The maximum Gasteiger partial charge on any atom is 0.166 e. The second kappa shape index (κ2) is 8.54. The Hall–Kier alpha value is -2.14. The summed E-state index contributed by atoms with van der Waals surface area (Å²) in [6.07, 6.45) is 9.72. The van der Waals surface area contributed by atoms with Crippen LogP contribution in [0.5, 0.6) is 0 Å². The number of rotatable bonds is 5. The van der Waals surface area contributed by atoms with Crippen molar-refractivity contribution in [3.05, 3.63) is 58.4 Å². The maximum absolute atomic E-state index is 14.8. The monoisotopic (exact) mass is 413 g/mol. The minimum Gasteiger partial charge on any atom is -0.394 e. The van der Waals surface area contributed by atoms with E-state index >= 15 is 0 Å². The van der Waals surface area contributed by atoms with Gasteiger partial charge < -0.3 is 15.5 Å². The van der Waals surface area contributed by atoms with Gasteiger partial charge in [0.25, 0.3) is 0 Å². The molecule has 2 atom stereocenters. The van der Waals surface area contributed by atoms with Gasteiger partial charge in [-0.15, -0.1) is 0 Å². The fourth-order valence-electron chi connectivity index (χ4n) is 5.48. The van der Waals surface area contributed by atoms with E-state index in [2.05, 4.69) is 28.5 Å². The van der Waals surface area contributed by atoms with E-state index in [9.17, 15) is 8.78 Å². The predicted octanol–water partition coefficient (Wildman–Crippen LogP) is 5.21. The average Bonchev–Trinajstić information content (AvgIpc) is 3.25. The second-order valence-corrected chi connectivity index (χ2v) is 9.05. The second-order valence-electron chi connectivity index (χ2n) is 9.05. The minimum atomic E-state index is -0.784. The smallest absolute Gasteiger partial charge is 0.166 e. The highest BCUT2D eigenvalue weighted by Crippen LogP contribution is 2.36. The molecule has 0 saturated carbocycles. The standard InChI is InChI=1S/C25H33F2N3/c1-15(22-7-8-23(16(2)14-28-4)25(27)24(22)26)11-18-9-10-30(17(18)3)21-12-19-5-6-20(13-21)29-19/h7-8,11,14,19-21,28-29H,5-6,9-10,12-13H2,1-4H3/b15-11+,16-14+. The number of fused-ring (bicyclic) bond motifs is 2. The van der Waals surface area contributed by atoms with Crippen LogP contribution in [0, 0.1) is 11.6 Å². The Morgan fingerprint density at radius 2 is 1.67 bits per heavy atom. The van der Waals surface area contributed by atoms with Crippen molar-refractivity contribution in [3.63, 3.8) is 0 Å². The van der Waals surface area contributed by atoms with Crippen LogP contribution in [0.2, 0.25) is 0 Å². The van der Waals surface area contributed by atoms with Gasteiger partial charge in [-0.25, -0.2) is 8.78 Å². The zero-order valence-corrected chi connectivity index (χ0v) is 18.5. The van der Waals surface area contributed by atoms with Gasteiger partial charge in [-0.05, 0) is 75.8 Å². The van der Waals surface area contributed by atoms with E-state index in [1.807, 2.05) is 6.92 Å². The summed E-state index contributed by atoms with van der Waals surface area (Å²) < 4.78 is 29.5. The van der Waals surface area contributed by atoms with Gasteiger partial charge in [0, 0.05) is 48.5 Å². The minimum absolute atomic E-state index is 0.293. The Morgan fingerprint density at radius 3 is 2.27 bits per heavy atom. The molecule has 2 bridgehead atoms. The van der Waals surface area contributed by atoms with Crippen LogP contribution in [-0.2, 0) is 0 Å². The van der Waals surface area contributed by atoms with E-state index in [1.165, 1.54) is 37.0 Å². The zero-order valence-electron chi connectivity index (χ0n) is 18.5. The van der Waals surface area contributed by atoms with Crippen molar-refractivity contribution in [2.45, 2.75) is 71.0 Å². The van der Waals surface area contributed by atoms with Crippen LogP contribution in [0.15, 0.2) is 35.7 Å². The van der Waals surface area contributed by atoms with E-state index in [1.54, 1.807) is 32.3 Å².